The number of aliphatic hydroxyl groups is 1. The lowest BCUT2D eigenvalue weighted by atomic mass is 10.1. The van der Waals surface area contributed by atoms with Crippen molar-refractivity contribution in [1.82, 2.24) is 5.32 Å². The Balaban J connectivity index is 2.47. The molecule has 1 atom stereocenters. The van der Waals surface area contributed by atoms with Crippen molar-refractivity contribution in [2.75, 3.05) is 6.54 Å². The molecule has 0 aliphatic carbocycles. The van der Waals surface area contributed by atoms with E-state index in [0.717, 1.165) is 5.56 Å². The highest BCUT2D eigenvalue weighted by Crippen LogP contribution is 2.04. The van der Waals surface area contributed by atoms with Crippen molar-refractivity contribution in [3.05, 3.63) is 41.5 Å². The maximum Gasteiger partial charge on any atom is 0.244 e. The number of amides is 1. The second kappa shape index (κ2) is 6.08. The van der Waals surface area contributed by atoms with Crippen molar-refractivity contribution in [3.63, 3.8) is 0 Å². The summed E-state index contributed by atoms with van der Waals surface area (Å²) < 4.78 is 0. The second-order valence-corrected chi connectivity index (χ2v) is 3.84. The number of carbonyl (C=O) groups excluding carboxylic acids is 1. The van der Waals surface area contributed by atoms with E-state index in [9.17, 15) is 4.79 Å². The first-order chi connectivity index (χ1) is 7.58. The van der Waals surface area contributed by atoms with Crippen LogP contribution in [-0.2, 0) is 4.79 Å². The number of rotatable bonds is 4. The van der Waals surface area contributed by atoms with Gasteiger partial charge in [0, 0.05) is 12.6 Å². The van der Waals surface area contributed by atoms with Gasteiger partial charge in [0.15, 0.2) is 0 Å². The summed E-state index contributed by atoms with van der Waals surface area (Å²) in [7, 11) is 0. The van der Waals surface area contributed by atoms with E-state index < -0.39 is 6.10 Å². The highest BCUT2D eigenvalue weighted by Gasteiger charge is 1.97. The summed E-state index contributed by atoms with van der Waals surface area (Å²) in [6, 6.07) is 7.89. The van der Waals surface area contributed by atoms with E-state index in [4.69, 9.17) is 5.11 Å². The molecule has 86 valence electrons. The third-order valence-corrected chi connectivity index (χ3v) is 2.08. The summed E-state index contributed by atoms with van der Waals surface area (Å²) >= 11 is 0. The van der Waals surface area contributed by atoms with E-state index in [0.29, 0.717) is 0 Å². The van der Waals surface area contributed by atoms with Gasteiger partial charge >= 0.3 is 0 Å². The molecule has 0 saturated heterocycles. The first-order valence-electron chi connectivity index (χ1n) is 5.28. The SMILES string of the molecule is Cc1ccc(/C=C/C(=O)NC[C@H](C)O)cc1. The molecular formula is C13H17NO2. The van der Waals surface area contributed by atoms with Crippen LogP contribution in [0.3, 0.4) is 0 Å². The molecule has 2 N–H and O–H groups in total. The van der Waals surface area contributed by atoms with Crippen LogP contribution in [0.2, 0.25) is 0 Å². The Morgan fingerprint density at radius 1 is 1.44 bits per heavy atom. The first-order valence-corrected chi connectivity index (χ1v) is 5.28. The van der Waals surface area contributed by atoms with Gasteiger partial charge in [0.1, 0.15) is 0 Å². The normalized spacial score (nSPS) is 12.7. The third kappa shape index (κ3) is 4.75. The Labute approximate surface area is 95.8 Å². The predicted molar refractivity (Wildman–Crippen MR) is 64.9 cm³/mol. The zero-order valence-electron chi connectivity index (χ0n) is 9.60. The zero-order chi connectivity index (χ0) is 12.0. The summed E-state index contributed by atoms with van der Waals surface area (Å²) in [6.07, 6.45) is 2.70. The lowest BCUT2D eigenvalue weighted by Crippen LogP contribution is -2.28. The molecule has 0 unspecified atom stereocenters. The lowest BCUT2D eigenvalue weighted by molar-refractivity contribution is -0.116. The first kappa shape index (κ1) is 12.5. The van der Waals surface area contributed by atoms with Crippen LogP contribution in [0, 0.1) is 6.92 Å². The zero-order valence-corrected chi connectivity index (χ0v) is 9.60. The minimum atomic E-state index is -0.517. The fourth-order valence-corrected chi connectivity index (χ4v) is 1.16. The molecule has 16 heavy (non-hydrogen) atoms. The summed E-state index contributed by atoms with van der Waals surface area (Å²) in [5.41, 5.74) is 2.17. The Bertz CT molecular complexity index is 366. The van der Waals surface area contributed by atoms with E-state index in [-0.39, 0.29) is 12.5 Å². The van der Waals surface area contributed by atoms with E-state index in [1.54, 1.807) is 13.0 Å². The molecule has 1 rings (SSSR count). The smallest absolute Gasteiger partial charge is 0.244 e. The van der Waals surface area contributed by atoms with Gasteiger partial charge in [0.25, 0.3) is 0 Å². The second-order valence-electron chi connectivity index (χ2n) is 3.84. The molecular weight excluding hydrogens is 202 g/mol. The van der Waals surface area contributed by atoms with Gasteiger partial charge in [-0.1, -0.05) is 29.8 Å². The number of carbonyl (C=O) groups is 1. The van der Waals surface area contributed by atoms with Crippen LogP contribution >= 0.6 is 0 Å². The molecule has 1 aromatic rings. The van der Waals surface area contributed by atoms with Crippen molar-refractivity contribution in [1.29, 1.82) is 0 Å². The van der Waals surface area contributed by atoms with Crippen LogP contribution in [-0.4, -0.2) is 23.7 Å². The Kier molecular flexibility index (Phi) is 4.73. The van der Waals surface area contributed by atoms with Gasteiger partial charge in [-0.3, -0.25) is 4.79 Å². The third-order valence-electron chi connectivity index (χ3n) is 2.08. The van der Waals surface area contributed by atoms with Gasteiger partial charge in [0.2, 0.25) is 5.91 Å². The lowest BCUT2D eigenvalue weighted by Gasteiger charge is -2.03. The maximum atomic E-state index is 11.3. The minimum absolute atomic E-state index is 0.193. The molecule has 0 radical (unpaired) electrons. The van der Waals surface area contributed by atoms with Gasteiger partial charge in [-0.2, -0.15) is 0 Å². The largest absolute Gasteiger partial charge is 0.392 e. The van der Waals surface area contributed by atoms with Crippen LogP contribution in [0.25, 0.3) is 6.08 Å². The van der Waals surface area contributed by atoms with Gasteiger partial charge in [0.05, 0.1) is 6.10 Å². The standard InChI is InChI=1S/C13H17NO2/c1-10-3-5-12(6-4-10)7-8-13(16)14-9-11(2)15/h3-8,11,15H,9H2,1-2H3,(H,14,16)/b8-7+/t11-/m0/s1. The predicted octanol–water partition coefficient (Wildman–Crippen LogP) is 1.51. The minimum Gasteiger partial charge on any atom is -0.392 e. The molecule has 3 heteroatoms. The number of hydrogen-bond donors (Lipinski definition) is 2. The van der Waals surface area contributed by atoms with Crippen molar-refractivity contribution in [2.24, 2.45) is 0 Å². The van der Waals surface area contributed by atoms with Crippen molar-refractivity contribution in [3.8, 4) is 0 Å². The highest BCUT2D eigenvalue weighted by atomic mass is 16.3. The maximum absolute atomic E-state index is 11.3. The van der Waals surface area contributed by atoms with Crippen LogP contribution in [0.4, 0.5) is 0 Å². The van der Waals surface area contributed by atoms with E-state index in [2.05, 4.69) is 5.32 Å². The van der Waals surface area contributed by atoms with Crippen molar-refractivity contribution in [2.45, 2.75) is 20.0 Å². The molecule has 0 spiro atoms. The molecule has 1 amide bonds. The Morgan fingerprint density at radius 2 is 2.06 bits per heavy atom. The van der Waals surface area contributed by atoms with Gasteiger partial charge in [-0.15, -0.1) is 0 Å². The fraction of sp³-hybridized carbons (Fsp3) is 0.308. The monoisotopic (exact) mass is 219 g/mol. The summed E-state index contributed by atoms with van der Waals surface area (Å²) in [6.45, 7) is 3.92. The average Bonchev–Trinajstić information content (AvgIpc) is 2.25. The molecule has 0 aliphatic heterocycles. The number of aryl methyl sites for hydroxylation is 1. The average molecular weight is 219 g/mol. The highest BCUT2D eigenvalue weighted by molar-refractivity contribution is 5.91. The molecule has 0 aromatic heterocycles. The Morgan fingerprint density at radius 3 is 2.62 bits per heavy atom. The van der Waals surface area contributed by atoms with Crippen LogP contribution < -0.4 is 5.32 Å². The van der Waals surface area contributed by atoms with Crippen LogP contribution in [0.15, 0.2) is 30.3 Å². The molecule has 0 saturated carbocycles. The van der Waals surface area contributed by atoms with Crippen LogP contribution in [0.1, 0.15) is 18.1 Å². The molecule has 0 heterocycles. The summed E-state index contributed by atoms with van der Waals surface area (Å²) in [5.74, 6) is -0.193. The molecule has 0 aliphatic rings. The van der Waals surface area contributed by atoms with Crippen LogP contribution in [0.5, 0.6) is 0 Å². The van der Waals surface area contributed by atoms with E-state index >= 15 is 0 Å². The van der Waals surface area contributed by atoms with E-state index in [1.165, 1.54) is 11.6 Å². The number of hydrogen-bond acceptors (Lipinski definition) is 2. The summed E-state index contributed by atoms with van der Waals surface area (Å²) in [4.78, 5) is 11.3. The Hall–Kier alpha value is -1.61. The van der Waals surface area contributed by atoms with Crippen molar-refractivity contribution >= 4 is 12.0 Å². The topological polar surface area (TPSA) is 49.3 Å². The van der Waals surface area contributed by atoms with Gasteiger partial charge in [-0.05, 0) is 25.5 Å². The fourth-order valence-electron chi connectivity index (χ4n) is 1.16. The van der Waals surface area contributed by atoms with Crippen molar-refractivity contribution < 1.29 is 9.90 Å². The van der Waals surface area contributed by atoms with E-state index in [1.807, 2.05) is 31.2 Å². The number of aliphatic hydroxyl groups excluding tert-OH is 1. The number of benzene rings is 1. The van der Waals surface area contributed by atoms with Gasteiger partial charge in [-0.25, -0.2) is 0 Å². The number of nitrogens with one attached hydrogen (secondary N) is 1. The quantitative estimate of drug-likeness (QED) is 0.754. The molecule has 3 nitrogen and oxygen atoms in total. The summed E-state index contributed by atoms with van der Waals surface area (Å²) in [5, 5.41) is 11.6. The molecule has 1 aromatic carbocycles. The van der Waals surface area contributed by atoms with Gasteiger partial charge < -0.3 is 10.4 Å². The molecule has 0 fully saturated rings. The molecule has 0 bridgehead atoms.